The third-order valence-corrected chi connectivity index (χ3v) is 6.27. The summed E-state index contributed by atoms with van der Waals surface area (Å²) in [7, 11) is 0. The van der Waals surface area contributed by atoms with Crippen molar-refractivity contribution in [2.75, 3.05) is 4.90 Å². The molecule has 1 heterocycles. The molecule has 158 valence electrons. The van der Waals surface area contributed by atoms with Gasteiger partial charge in [0.2, 0.25) is 0 Å². The highest BCUT2D eigenvalue weighted by Crippen LogP contribution is 2.45. The van der Waals surface area contributed by atoms with Crippen LogP contribution in [0.1, 0.15) is 44.6 Å². The molecule has 4 nitrogen and oxygen atoms in total. The minimum Gasteiger partial charge on any atom is -0.375 e. The monoisotopic (exact) mass is 433 g/mol. The number of hydrogen-bond acceptors (Lipinski definition) is 3. The quantitative estimate of drug-likeness (QED) is 0.557. The zero-order chi connectivity index (χ0) is 22.3. The van der Waals surface area contributed by atoms with Crippen LogP contribution in [-0.2, 0) is 16.9 Å². The second kappa shape index (κ2) is 7.95. The van der Waals surface area contributed by atoms with Crippen molar-refractivity contribution in [1.82, 2.24) is 0 Å². The largest absolute Gasteiger partial charge is 0.375 e. The Morgan fingerprint density at radius 3 is 2.35 bits per heavy atom. The summed E-state index contributed by atoms with van der Waals surface area (Å²) in [6.45, 7) is 6.10. The van der Waals surface area contributed by atoms with E-state index < -0.39 is 11.5 Å². The van der Waals surface area contributed by atoms with E-state index in [0.29, 0.717) is 28.4 Å². The summed E-state index contributed by atoms with van der Waals surface area (Å²) >= 11 is 6.20. The van der Waals surface area contributed by atoms with Crippen molar-refractivity contribution in [2.24, 2.45) is 0 Å². The van der Waals surface area contributed by atoms with E-state index in [-0.39, 0.29) is 12.2 Å². The van der Waals surface area contributed by atoms with E-state index in [1.807, 2.05) is 63.2 Å². The number of benzene rings is 3. The van der Waals surface area contributed by atoms with E-state index in [1.54, 1.807) is 18.2 Å². The zero-order valence-electron chi connectivity index (χ0n) is 17.8. The molecule has 1 aliphatic heterocycles. The van der Waals surface area contributed by atoms with Crippen molar-refractivity contribution in [3.63, 3.8) is 0 Å². The summed E-state index contributed by atoms with van der Waals surface area (Å²) in [6.07, 6.45) is -0.339. The highest BCUT2D eigenvalue weighted by atomic mass is 35.5. The van der Waals surface area contributed by atoms with Crippen LogP contribution in [0.5, 0.6) is 0 Å². The van der Waals surface area contributed by atoms with Gasteiger partial charge in [0.05, 0.1) is 18.7 Å². The van der Waals surface area contributed by atoms with Gasteiger partial charge < -0.3 is 10.0 Å². The van der Waals surface area contributed by atoms with Crippen LogP contribution in [-0.4, -0.2) is 16.8 Å². The standard InChI is InChI=1S/C26H24ClNO3/c1-16-11-18(3)21(12-17(16)2)24(29)14-26(31)22-13-20(27)9-10-23(22)28(25(26)30)15-19-7-5-4-6-8-19/h4-13,31H,14-15H2,1-3H3/t26-/m0/s1. The van der Waals surface area contributed by atoms with Crippen LogP contribution in [0.2, 0.25) is 5.02 Å². The molecule has 0 spiro atoms. The molecule has 0 radical (unpaired) electrons. The Bertz CT molecular complexity index is 1190. The highest BCUT2D eigenvalue weighted by molar-refractivity contribution is 6.31. The number of hydrogen-bond donors (Lipinski definition) is 1. The Kier molecular flexibility index (Phi) is 5.46. The van der Waals surface area contributed by atoms with E-state index >= 15 is 0 Å². The summed E-state index contributed by atoms with van der Waals surface area (Å²) in [6, 6.07) is 18.3. The lowest BCUT2D eigenvalue weighted by atomic mass is 9.86. The van der Waals surface area contributed by atoms with Crippen LogP contribution in [0.25, 0.3) is 0 Å². The fraction of sp³-hybridized carbons (Fsp3) is 0.231. The van der Waals surface area contributed by atoms with Gasteiger partial charge in [-0.25, -0.2) is 0 Å². The number of Topliss-reactive ketones (excluding diaryl/α,β-unsaturated/α-hetero) is 1. The van der Waals surface area contributed by atoms with Crippen molar-refractivity contribution >= 4 is 29.0 Å². The summed E-state index contributed by atoms with van der Waals surface area (Å²) in [5.41, 5.74) is 3.35. The molecule has 3 aromatic carbocycles. The van der Waals surface area contributed by atoms with E-state index in [9.17, 15) is 14.7 Å². The van der Waals surface area contributed by atoms with Gasteiger partial charge >= 0.3 is 0 Å². The summed E-state index contributed by atoms with van der Waals surface area (Å²) in [5, 5.41) is 12.0. The molecule has 31 heavy (non-hydrogen) atoms. The smallest absolute Gasteiger partial charge is 0.264 e. The first-order valence-corrected chi connectivity index (χ1v) is 10.6. The number of nitrogens with zero attached hydrogens (tertiary/aromatic N) is 1. The number of carbonyl (C=O) groups excluding carboxylic acids is 2. The number of fused-ring (bicyclic) bond motifs is 1. The topological polar surface area (TPSA) is 57.6 Å². The number of halogens is 1. The molecule has 0 fully saturated rings. The SMILES string of the molecule is Cc1cc(C)c(C(=O)C[C@@]2(O)C(=O)N(Cc3ccccc3)c3ccc(Cl)cc32)cc1C. The summed E-state index contributed by atoms with van der Waals surface area (Å²) in [4.78, 5) is 28.2. The predicted molar refractivity (Wildman–Crippen MR) is 123 cm³/mol. The van der Waals surface area contributed by atoms with E-state index in [1.165, 1.54) is 4.90 Å². The van der Waals surface area contributed by atoms with Crippen LogP contribution in [0.15, 0.2) is 60.7 Å². The molecule has 1 atom stereocenters. The molecule has 0 bridgehead atoms. The first-order valence-electron chi connectivity index (χ1n) is 10.2. The maximum atomic E-state index is 13.5. The number of anilines is 1. The molecule has 5 heteroatoms. The molecule has 0 aromatic heterocycles. The molecular weight excluding hydrogens is 410 g/mol. The Hall–Kier alpha value is -2.95. The lowest BCUT2D eigenvalue weighted by molar-refractivity contribution is -0.136. The Balaban J connectivity index is 1.73. The average molecular weight is 434 g/mol. The van der Waals surface area contributed by atoms with Gasteiger partial charge in [-0.2, -0.15) is 0 Å². The maximum Gasteiger partial charge on any atom is 0.264 e. The van der Waals surface area contributed by atoms with Crippen molar-refractivity contribution in [2.45, 2.75) is 39.3 Å². The normalized spacial score (nSPS) is 17.7. The molecular formula is C26H24ClNO3. The number of ketones is 1. The van der Waals surface area contributed by atoms with Crippen molar-refractivity contribution in [3.05, 3.63) is 99.1 Å². The van der Waals surface area contributed by atoms with Gasteiger partial charge in [-0.05, 0) is 67.3 Å². The third kappa shape index (κ3) is 3.78. The van der Waals surface area contributed by atoms with Crippen LogP contribution >= 0.6 is 11.6 Å². The maximum absolute atomic E-state index is 13.5. The molecule has 4 rings (SSSR count). The van der Waals surface area contributed by atoms with Gasteiger partial charge in [0.1, 0.15) is 0 Å². The third-order valence-electron chi connectivity index (χ3n) is 6.03. The second-order valence-electron chi connectivity index (χ2n) is 8.25. The van der Waals surface area contributed by atoms with E-state index in [4.69, 9.17) is 11.6 Å². The van der Waals surface area contributed by atoms with E-state index in [0.717, 1.165) is 22.3 Å². The molecule has 1 aliphatic rings. The number of aryl methyl sites for hydroxylation is 3. The number of carbonyl (C=O) groups is 2. The number of amides is 1. The first-order chi connectivity index (χ1) is 14.7. The van der Waals surface area contributed by atoms with Crippen LogP contribution in [0.3, 0.4) is 0 Å². The average Bonchev–Trinajstić information content (AvgIpc) is 2.93. The van der Waals surface area contributed by atoms with E-state index in [2.05, 4.69) is 0 Å². The first kappa shape index (κ1) is 21.3. The molecule has 1 N–H and O–H groups in total. The van der Waals surface area contributed by atoms with Gasteiger partial charge in [-0.3, -0.25) is 9.59 Å². The van der Waals surface area contributed by atoms with Crippen molar-refractivity contribution in [3.8, 4) is 0 Å². The van der Waals surface area contributed by atoms with Crippen molar-refractivity contribution < 1.29 is 14.7 Å². The van der Waals surface area contributed by atoms with Crippen LogP contribution in [0, 0.1) is 20.8 Å². The molecule has 1 amide bonds. The lowest BCUT2D eigenvalue weighted by Gasteiger charge is -2.23. The minimum atomic E-state index is -1.96. The minimum absolute atomic E-state index is 0.274. The number of rotatable bonds is 5. The Morgan fingerprint density at radius 2 is 1.65 bits per heavy atom. The second-order valence-corrected chi connectivity index (χ2v) is 8.69. The lowest BCUT2D eigenvalue weighted by Crippen LogP contribution is -2.41. The van der Waals surface area contributed by atoms with Gasteiger partial charge in [0, 0.05) is 16.1 Å². The molecule has 0 aliphatic carbocycles. The summed E-state index contributed by atoms with van der Waals surface area (Å²) in [5.74, 6) is -0.785. The fourth-order valence-electron chi connectivity index (χ4n) is 4.21. The van der Waals surface area contributed by atoms with Gasteiger partial charge in [-0.1, -0.05) is 48.0 Å². The Morgan fingerprint density at radius 1 is 0.968 bits per heavy atom. The van der Waals surface area contributed by atoms with Crippen LogP contribution < -0.4 is 4.90 Å². The van der Waals surface area contributed by atoms with Gasteiger partial charge in [0.15, 0.2) is 11.4 Å². The number of aliphatic hydroxyl groups is 1. The molecule has 0 saturated carbocycles. The van der Waals surface area contributed by atoms with Crippen molar-refractivity contribution in [1.29, 1.82) is 0 Å². The molecule has 3 aromatic rings. The highest BCUT2D eigenvalue weighted by Gasteiger charge is 2.51. The predicted octanol–water partition coefficient (Wildman–Crippen LogP) is 5.27. The van der Waals surface area contributed by atoms with Crippen LogP contribution in [0.4, 0.5) is 5.69 Å². The fourth-order valence-corrected chi connectivity index (χ4v) is 4.38. The van der Waals surface area contributed by atoms with Gasteiger partial charge in [-0.15, -0.1) is 0 Å². The summed E-state index contributed by atoms with van der Waals surface area (Å²) < 4.78 is 0. The molecule has 0 saturated heterocycles. The van der Waals surface area contributed by atoms with Gasteiger partial charge in [0.25, 0.3) is 5.91 Å². The Labute approximate surface area is 187 Å². The zero-order valence-corrected chi connectivity index (χ0v) is 18.5. The molecule has 0 unspecified atom stereocenters.